The Labute approximate surface area is 198 Å². The smallest absolute Gasteiger partial charge is 0.326 e. The van der Waals surface area contributed by atoms with Crippen molar-refractivity contribution in [1.29, 1.82) is 0 Å². The zero-order valence-corrected chi connectivity index (χ0v) is 18.6. The van der Waals surface area contributed by atoms with Gasteiger partial charge in [-0.15, -0.1) is 0 Å². The maximum Gasteiger partial charge on any atom is 0.326 e. The first kappa shape index (κ1) is 24.7. The third-order valence-electron chi connectivity index (χ3n) is 5.48. The summed E-state index contributed by atoms with van der Waals surface area (Å²) in [7, 11) is 0. The number of aliphatic carboxylic acids is 1. The fourth-order valence-corrected chi connectivity index (χ4v) is 3.64. The Morgan fingerprint density at radius 2 is 1.32 bits per heavy atom. The number of hydrogen-bond acceptors (Lipinski definition) is 4. The van der Waals surface area contributed by atoms with Gasteiger partial charge in [0, 0.05) is 5.56 Å². The van der Waals surface area contributed by atoms with Gasteiger partial charge in [0.05, 0.1) is 6.04 Å². The largest absolute Gasteiger partial charge is 0.480 e. The Balaban J connectivity index is 1.68. The molecule has 0 saturated heterocycles. The van der Waals surface area contributed by atoms with Crippen molar-refractivity contribution < 1.29 is 24.6 Å². The fraction of sp³-hybridized carbons (Fsp3) is 0.222. The van der Waals surface area contributed by atoms with Gasteiger partial charge in [-0.2, -0.15) is 0 Å². The van der Waals surface area contributed by atoms with E-state index in [1.54, 1.807) is 60.7 Å². The van der Waals surface area contributed by atoms with Crippen LogP contribution in [0, 0.1) is 0 Å². The molecule has 0 spiro atoms. The first-order valence-electron chi connectivity index (χ1n) is 11.1. The molecule has 0 radical (unpaired) electrons. The molecular weight excluding hydrogens is 432 g/mol. The number of carbonyl (C=O) groups is 3. The van der Waals surface area contributed by atoms with Crippen molar-refractivity contribution in [2.75, 3.05) is 0 Å². The van der Waals surface area contributed by atoms with E-state index in [1.165, 1.54) is 0 Å². The molecule has 7 heteroatoms. The molecule has 0 aliphatic carbocycles. The molecule has 7 nitrogen and oxygen atoms in total. The van der Waals surface area contributed by atoms with Crippen LogP contribution in [0.4, 0.5) is 0 Å². The number of rotatable bonds is 11. The molecule has 34 heavy (non-hydrogen) atoms. The standard InChI is InChI=1S/C27H28N2O5/c30-24(26(32)28-22(27(33)34)18-10-13-19-11-4-1-5-12-19)23(20-14-6-2-7-15-20)29-25(31)21-16-8-3-9-17-21/h1-9,11-12,14-17,22-24,30H,10,13,18H2,(H,28,32)(H,29,31)(H,33,34)/t22-,23-,24+/m0/s1. The first-order valence-corrected chi connectivity index (χ1v) is 11.1. The number of nitrogens with one attached hydrogen (secondary N) is 2. The first-order chi connectivity index (χ1) is 16.5. The predicted molar refractivity (Wildman–Crippen MR) is 128 cm³/mol. The second-order valence-electron chi connectivity index (χ2n) is 7.95. The SMILES string of the molecule is O=C(N[C@@H](c1ccccc1)[C@@H](O)C(=O)N[C@@H](CCCc1ccccc1)C(=O)O)c1ccccc1. The second kappa shape index (κ2) is 12.3. The van der Waals surface area contributed by atoms with E-state index < -0.39 is 36.0 Å². The van der Waals surface area contributed by atoms with Gasteiger partial charge in [0.15, 0.2) is 6.10 Å². The van der Waals surface area contributed by atoms with Crippen LogP contribution in [-0.4, -0.2) is 40.1 Å². The van der Waals surface area contributed by atoms with Crippen LogP contribution in [0.25, 0.3) is 0 Å². The normalized spacial score (nSPS) is 13.3. The van der Waals surface area contributed by atoms with Gasteiger partial charge in [-0.25, -0.2) is 4.79 Å². The monoisotopic (exact) mass is 460 g/mol. The lowest BCUT2D eigenvalue weighted by Gasteiger charge is -2.25. The molecule has 0 aromatic heterocycles. The maximum absolute atomic E-state index is 12.8. The van der Waals surface area contributed by atoms with E-state index in [2.05, 4.69) is 10.6 Å². The lowest BCUT2D eigenvalue weighted by Crippen LogP contribution is -2.50. The van der Waals surface area contributed by atoms with Gasteiger partial charge in [-0.1, -0.05) is 78.9 Å². The van der Waals surface area contributed by atoms with Crippen LogP contribution in [0.2, 0.25) is 0 Å². The zero-order valence-electron chi connectivity index (χ0n) is 18.6. The van der Waals surface area contributed by atoms with Crippen molar-refractivity contribution in [2.24, 2.45) is 0 Å². The van der Waals surface area contributed by atoms with Gasteiger partial charge >= 0.3 is 5.97 Å². The summed E-state index contributed by atoms with van der Waals surface area (Å²) in [6.07, 6.45) is -0.270. The van der Waals surface area contributed by atoms with Crippen molar-refractivity contribution in [3.63, 3.8) is 0 Å². The molecule has 0 heterocycles. The molecule has 3 rings (SSSR count). The summed E-state index contributed by atoms with van der Waals surface area (Å²) in [6.45, 7) is 0. The van der Waals surface area contributed by atoms with Crippen molar-refractivity contribution in [3.8, 4) is 0 Å². The maximum atomic E-state index is 12.8. The Kier molecular flexibility index (Phi) is 8.94. The van der Waals surface area contributed by atoms with Crippen molar-refractivity contribution in [1.82, 2.24) is 10.6 Å². The molecule has 4 N–H and O–H groups in total. The minimum atomic E-state index is -1.69. The van der Waals surface area contributed by atoms with Gasteiger partial charge in [0.1, 0.15) is 6.04 Å². The minimum absolute atomic E-state index is 0.203. The van der Waals surface area contributed by atoms with Crippen molar-refractivity contribution >= 4 is 17.8 Å². The van der Waals surface area contributed by atoms with Crippen LogP contribution in [0.3, 0.4) is 0 Å². The molecule has 3 aromatic carbocycles. The van der Waals surface area contributed by atoms with Crippen molar-refractivity contribution in [3.05, 3.63) is 108 Å². The number of carbonyl (C=O) groups excluding carboxylic acids is 2. The summed E-state index contributed by atoms with van der Waals surface area (Å²) in [4.78, 5) is 37.3. The van der Waals surface area contributed by atoms with Crippen LogP contribution in [0.15, 0.2) is 91.0 Å². The number of hydrogen-bond donors (Lipinski definition) is 4. The summed E-state index contributed by atoms with van der Waals surface area (Å²) in [6, 6.07) is 24.5. The summed E-state index contributed by atoms with van der Waals surface area (Å²) in [5.41, 5.74) is 1.97. The highest BCUT2D eigenvalue weighted by Crippen LogP contribution is 2.19. The highest BCUT2D eigenvalue weighted by molar-refractivity contribution is 5.95. The van der Waals surface area contributed by atoms with Crippen molar-refractivity contribution in [2.45, 2.75) is 37.5 Å². The number of aliphatic hydroxyl groups excluding tert-OH is 1. The lowest BCUT2D eigenvalue weighted by molar-refractivity contribution is -0.144. The molecule has 3 atom stereocenters. The Bertz CT molecular complexity index is 1070. The number of aryl methyl sites for hydroxylation is 1. The summed E-state index contributed by atoms with van der Waals surface area (Å²) < 4.78 is 0. The molecule has 2 amide bonds. The van der Waals surface area contributed by atoms with Gasteiger partial charge < -0.3 is 20.8 Å². The Hall–Kier alpha value is -3.97. The van der Waals surface area contributed by atoms with E-state index in [0.717, 1.165) is 5.56 Å². The highest BCUT2D eigenvalue weighted by Gasteiger charge is 2.32. The Morgan fingerprint density at radius 3 is 1.91 bits per heavy atom. The molecule has 0 aliphatic rings. The third-order valence-corrected chi connectivity index (χ3v) is 5.48. The number of amides is 2. The minimum Gasteiger partial charge on any atom is -0.480 e. The predicted octanol–water partition coefficient (Wildman–Crippen LogP) is 3.11. The summed E-state index contributed by atoms with van der Waals surface area (Å²) in [5.74, 6) is -2.51. The van der Waals surface area contributed by atoms with E-state index >= 15 is 0 Å². The summed E-state index contributed by atoms with van der Waals surface area (Å²) in [5, 5.41) is 25.6. The van der Waals surface area contributed by atoms with Gasteiger partial charge in [-0.3, -0.25) is 9.59 Å². The van der Waals surface area contributed by atoms with Crippen LogP contribution < -0.4 is 10.6 Å². The average Bonchev–Trinajstić information content (AvgIpc) is 2.87. The molecule has 0 fully saturated rings. The van der Waals surface area contributed by atoms with E-state index in [9.17, 15) is 24.6 Å². The van der Waals surface area contributed by atoms with Gasteiger partial charge in [0.2, 0.25) is 0 Å². The molecule has 176 valence electrons. The molecule has 0 bridgehead atoms. The lowest BCUT2D eigenvalue weighted by atomic mass is 9.99. The molecule has 0 unspecified atom stereocenters. The molecule has 3 aromatic rings. The number of carboxylic acids is 1. The number of aliphatic hydroxyl groups is 1. The molecule has 0 aliphatic heterocycles. The molecular formula is C27H28N2O5. The number of carboxylic acid groups (broad SMARTS) is 1. The van der Waals surface area contributed by atoms with Crippen LogP contribution in [-0.2, 0) is 16.0 Å². The van der Waals surface area contributed by atoms with E-state index in [0.29, 0.717) is 24.0 Å². The number of benzene rings is 3. The van der Waals surface area contributed by atoms with Gasteiger partial charge in [-0.05, 0) is 42.5 Å². The van der Waals surface area contributed by atoms with Crippen LogP contribution >= 0.6 is 0 Å². The highest BCUT2D eigenvalue weighted by atomic mass is 16.4. The molecule has 0 saturated carbocycles. The topological polar surface area (TPSA) is 116 Å². The van der Waals surface area contributed by atoms with E-state index in [4.69, 9.17) is 0 Å². The van der Waals surface area contributed by atoms with E-state index in [-0.39, 0.29) is 6.42 Å². The Morgan fingerprint density at radius 1 is 0.765 bits per heavy atom. The second-order valence-corrected chi connectivity index (χ2v) is 7.95. The average molecular weight is 461 g/mol. The summed E-state index contributed by atoms with van der Waals surface area (Å²) >= 11 is 0. The quantitative estimate of drug-likeness (QED) is 0.351. The van der Waals surface area contributed by atoms with Gasteiger partial charge in [0.25, 0.3) is 11.8 Å². The fourth-order valence-electron chi connectivity index (χ4n) is 3.64. The van der Waals surface area contributed by atoms with Crippen LogP contribution in [0.5, 0.6) is 0 Å². The third kappa shape index (κ3) is 7.02. The zero-order chi connectivity index (χ0) is 24.3. The van der Waals surface area contributed by atoms with E-state index in [1.807, 2.05) is 30.3 Å². The van der Waals surface area contributed by atoms with Crippen LogP contribution in [0.1, 0.15) is 40.4 Å².